The molecule has 32 heavy (non-hydrogen) atoms. The van der Waals surface area contributed by atoms with Gasteiger partial charge < -0.3 is 20.1 Å². The number of amides is 1. The lowest BCUT2D eigenvalue weighted by Gasteiger charge is -2.29. The molecule has 1 unspecified atom stereocenters. The van der Waals surface area contributed by atoms with Crippen molar-refractivity contribution in [2.45, 2.75) is 40.3 Å². The smallest absolute Gasteiger partial charge is 0.226 e. The molecule has 2 rings (SSSR count). The van der Waals surface area contributed by atoms with E-state index in [4.69, 9.17) is 14.7 Å². The normalized spacial score (nSPS) is 12.3. The lowest BCUT2D eigenvalue weighted by atomic mass is 9.92. The Morgan fingerprint density at radius 3 is 2.53 bits per heavy atom. The summed E-state index contributed by atoms with van der Waals surface area (Å²) in [7, 11) is 3.11. The van der Waals surface area contributed by atoms with E-state index in [2.05, 4.69) is 25.9 Å². The van der Waals surface area contributed by atoms with Crippen LogP contribution in [-0.2, 0) is 11.2 Å². The van der Waals surface area contributed by atoms with Gasteiger partial charge in [-0.2, -0.15) is 5.26 Å². The minimum Gasteiger partial charge on any atom is -0.493 e. The van der Waals surface area contributed by atoms with Crippen LogP contribution in [0, 0.1) is 23.8 Å². The van der Waals surface area contributed by atoms with Gasteiger partial charge in [0.2, 0.25) is 11.9 Å². The second-order valence-electron chi connectivity index (χ2n) is 8.18. The lowest BCUT2D eigenvalue weighted by molar-refractivity contribution is -0.121. The molecule has 0 aliphatic rings. The van der Waals surface area contributed by atoms with Crippen LogP contribution in [0.4, 0.5) is 5.69 Å². The van der Waals surface area contributed by atoms with Gasteiger partial charge in [-0.15, -0.1) is 0 Å². The summed E-state index contributed by atoms with van der Waals surface area (Å²) < 4.78 is 10.6. The third kappa shape index (κ3) is 6.87. The number of benzene rings is 1. The number of hydrogen-bond acceptors (Lipinski definition) is 6. The molecule has 1 aromatic carbocycles. The van der Waals surface area contributed by atoms with Crippen LogP contribution >= 0.6 is 0 Å². The molecule has 0 saturated heterocycles. The fraction of sp³-hybridized carbons (Fsp3) is 0.391. The number of nitrogens with zero attached hydrogens (tertiary/aromatic N) is 3. The average molecular weight is 439 g/mol. The van der Waals surface area contributed by atoms with Crippen LogP contribution < -0.4 is 25.4 Å². The summed E-state index contributed by atoms with van der Waals surface area (Å²) in [4.78, 5) is 21.6. The Balaban J connectivity index is 2.22. The number of anilines is 1. The van der Waals surface area contributed by atoms with Crippen LogP contribution in [0.5, 0.6) is 11.5 Å². The summed E-state index contributed by atoms with van der Waals surface area (Å²) in [6.45, 7) is 7.71. The molecule has 1 atom stereocenters. The third-order valence-electron chi connectivity index (χ3n) is 4.62. The Hall–Kier alpha value is -3.80. The zero-order valence-electron chi connectivity index (χ0n) is 19.3. The molecule has 3 N–H and O–H groups in total. The number of aliphatic imine (C=N–C) groups is 1. The number of carbonyl (C=O) groups is 1. The minimum absolute atomic E-state index is 0.138. The maximum atomic E-state index is 12.8. The summed E-state index contributed by atoms with van der Waals surface area (Å²) in [6, 6.07) is 8.95. The molecule has 9 nitrogen and oxygen atoms in total. The maximum Gasteiger partial charge on any atom is 0.226 e. The maximum absolute atomic E-state index is 12.8. The third-order valence-corrected chi connectivity index (χ3v) is 4.62. The summed E-state index contributed by atoms with van der Waals surface area (Å²) in [6.07, 6.45) is 3.10. The Kier molecular flexibility index (Phi) is 8.41. The molecule has 1 heterocycles. The van der Waals surface area contributed by atoms with Crippen molar-refractivity contribution in [1.82, 2.24) is 15.6 Å². The van der Waals surface area contributed by atoms with Gasteiger partial charge in [-0.05, 0) is 36.8 Å². The van der Waals surface area contributed by atoms with Crippen molar-refractivity contribution in [2.75, 3.05) is 19.5 Å². The monoisotopic (exact) mass is 438 g/mol. The number of pyridine rings is 1. The highest BCUT2D eigenvalue weighted by Gasteiger charge is 2.27. The van der Waals surface area contributed by atoms with Crippen LogP contribution in [0.2, 0.25) is 0 Å². The fourth-order valence-electron chi connectivity index (χ4n) is 2.84. The molecular weight excluding hydrogens is 408 g/mol. The predicted molar refractivity (Wildman–Crippen MR) is 123 cm³/mol. The number of nitrogens with one attached hydrogen (secondary N) is 3. The number of carbonyl (C=O) groups excluding carboxylic acids is 1. The molecule has 1 amide bonds. The van der Waals surface area contributed by atoms with E-state index in [1.165, 1.54) is 0 Å². The van der Waals surface area contributed by atoms with E-state index in [0.717, 1.165) is 11.3 Å². The number of aryl methyl sites for hydroxylation is 1. The zero-order valence-corrected chi connectivity index (χ0v) is 19.3. The molecular formula is C23H30N6O3. The first-order valence-electron chi connectivity index (χ1n) is 10.1. The predicted octanol–water partition coefficient (Wildman–Crippen LogP) is 2.98. The standard InChI is InChI=1S/C23H30N6O3/c1-15-17(8-7-11-25-15)27-22(26-14-24)29-21(23(2,3)4)28-20(30)13-16-9-10-18(31-5)19(12-16)32-6/h7-12,21H,13H2,1-6H3,(H,28,30)(H2,26,27,29). The average Bonchev–Trinajstić information content (AvgIpc) is 2.74. The first-order chi connectivity index (χ1) is 15.2. The van der Waals surface area contributed by atoms with Crippen molar-refractivity contribution in [3.63, 3.8) is 0 Å². The van der Waals surface area contributed by atoms with Crippen molar-refractivity contribution in [2.24, 2.45) is 10.4 Å². The van der Waals surface area contributed by atoms with Crippen molar-refractivity contribution >= 4 is 17.6 Å². The molecule has 0 fully saturated rings. The van der Waals surface area contributed by atoms with E-state index in [1.54, 1.807) is 38.6 Å². The molecule has 9 heteroatoms. The molecule has 0 saturated carbocycles. The summed E-state index contributed by atoms with van der Waals surface area (Å²) in [5, 5.41) is 17.7. The van der Waals surface area contributed by atoms with Crippen LogP contribution in [0.25, 0.3) is 0 Å². The molecule has 0 aliphatic heterocycles. The van der Waals surface area contributed by atoms with Crippen LogP contribution in [-0.4, -0.2) is 37.2 Å². The Morgan fingerprint density at radius 2 is 1.94 bits per heavy atom. The first kappa shape index (κ1) is 24.5. The number of guanidine groups is 1. The van der Waals surface area contributed by atoms with Crippen molar-refractivity contribution in [1.29, 1.82) is 5.26 Å². The molecule has 170 valence electrons. The number of methoxy groups -OCH3 is 2. The Bertz CT molecular complexity index is 1010. The second-order valence-corrected chi connectivity index (χ2v) is 8.18. The van der Waals surface area contributed by atoms with Crippen molar-refractivity contribution in [3.8, 4) is 17.7 Å². The largest absolute Gasteiger partial charge is 0.493 e. The quantitative estimate of drug-likeness (QED) is 0.263. The van der Waals surface area contributed by atoms with Gasteiger partial charge in [0, 0.05) is 11.6 Å². The molecule has 2 aromatic rings. The van der Waals surface area contributed by atoms with E-state index in [1.807, 2.05) is 46.0 Å². The van der Waals surface area contributed by atoms with E-state index < -0.39 is 11.6 Å². The molecule has 0 bridgehead atoms. The summed E-state index contributed by atoms with van der Waals surface area (Å²) in [5.41, 5.74) is 1.82. The summed E-state index contributed by atoms with van der Waals surface area (Å²) >= 11 is 0. The molecule has 0 radical (unpaired) electrons. The number of rotatable bonds is 7. The van der Waals surface area contributed by atoms with Gasteiger partial charge in [-0.25, -0.2) is 4.99 Å². The van der Waals surface area contributed by atoms with E-state index in [9.17, 15) is 4.79 Å². The van der Waals surface area contributed by atoms with Crippen LogP contribution in [0.15, 0.2) is 41.5 Å². The van der Waals surface area contributed by atoms with Crippen LogP contribution in [0.1, 0.15) is 32.0 Å². The highest BCUT2D eigenvalue weighted by atomic mass is 16.5. The van der Waals surface area contributed by atoms with Crippen molar-refractivity contribution < 1.29 is 14.3 Å². The number of nitriles is 1. The minimum atomic E-state index is -0.601. The Labute approximate surface area is 188 Å². The highest BCUT2D eigenvalue weighted by Crippen LogP contribution is 2.28. The molecule has 0 aliphatic carbocycles. The van der Waals surface area contributed by atoms with E-state index in [0.29, 0.717) is 17.2 Å². The van der Waals surface area contributed by atoms with Gasteiger partial charge in [-0.3, -0.25) is 15.1 Å². The Morgan fingerprint density at radius 1 is 1.22 bits per heavy atom. The zero-order chi connectivity index (χ0) is 23.7. The van der Waals surface area contributed by atoms with Gasteiger partial charge in [-0.1, -0.05) is 26.8 Å². The van der Waals surface area contributed by atoms with Gasteiger partial charge in [0.25, 0.3) is 0 Å². The number of aromatic nitrogens is 1. The number of hydrogen-bond donors (Lipinski definition) is 3. The van der Waals surface area contributed by atoms with Gasteiger partial charge in [0.15, 0.2) is 17.7 Å². The van der Waals surface area contributed by atoms with E-state index in [-0.39, 0.29) is 18.3 Å². The number of ether oxygens (including phenoxy) is 2. The highest BCUT2D eigenvalue weighted by molar-refractivity contribution is 5.95. The van der Waals surface area contributed by atoms with Gasteiger partial charge in [0.05, 0.1) is 32.0 Å². The van der Waals surface area contributed by atoms with Gasteiger partial charge in [0.1, 0.15) is 6.17 Å². The topological polar surface area (TPSA) is 121 Å². The fourth-order valence-corrected chi connectivity index (χ4v) is 2.84. The van der Waals surface area contributed by atoms with Gasteiger partial charge >= 0.3 is 0 Å². The molecule has 1 aromatic heterocycles. The van der Waals surface area contributed by atoms with Crippen LogP contribution in [0.3, 0.4) is 0 Å². The SMILES string of the molecule is COc1ccc(CC(=O)NC(N=C(NC#N)Nc2cccnc2C)C(C)(C)C)cc1OC. The van der Waals surface area contributed by atoms with E-state index >= 15 is 0 Å². The second kappa shape index (κ2) is 11.0. The molecule has 0 spiro atoms. The summed E-state index contributed by atoms with van der Waals surface area (Å²) in [5.74, 6) is 1.15. The first-order valence-corrected chi connectivity index (χ1v) is 10.1. The lowest BCUT2D eigenvalue weighted by Crippen LogP contribution is -2.45. The van der Waals surface area contributed by atoms with Crippen molar-refractivity contribution in [3.05, 3.63) is 47.8 Å².